The van der Waals surface area contributed by atoms with Crippen LogP contribution in [0.1, 0.15) is 23.6 Å². The maximum Gasteiger partial charge on any atom is 0.145 e. The van der Waals surface area contributed by atoms with Crippen molar-refractivity contribution in [2.24, 2.45) is 0 Å². The van der Waals surface area contributed by atoms with Crippen molar-refractivity contribution in [3.05, 3.63) is 21.2 Å². The van der Waals surface area contributed by atoms with Gasteiger partial charge in [-0.1, -0.05) is 15.9 Å². The maximum absolute atomic E-state index is 9.07. The van der Waals surface area contributed by atoms with Gasteiger partial charge in [-0.25, -0.2) is 0 Å². The number of anilines is 1. The van der Waals surface area contributed by atoms with E-state index in [1.165, 1.54) is 5.56 Å². The zero-order valence-electron chi connectivity index (χ0n) is 11.8. The van der Waals surface area contributed by atoms with Gasteiger partial charge in [0.05, 0.1) is 18.9 Å². The SMILES string of the molecule is COc1c(C)c(C)c(Br)c(C)c1N(C)C(C)C#N. The standard InChI is InChI=1S/C14H19BrN2O/c1-8(7-16)17(5)13-11(4)12(15)9(2)10(3)14(13)18-6/h8H,1-6H3. The van der Waals surface area contributed by atoms with Gasteiger partial charge in [0.25, 0.3) is 0 Å². The second-order valence-electron chi connectivity index (χ2n) is 4.49. The summed E-state index contributed by atoms with van der Waals surface area (Å²) in [5, 5.41) is 9.07. The topological polar surface area (TPSA) is 36.3 Å². The summed E-state index contributed by atoms with van der Waals surface area (Å²) >= 11 is 3.62. The fraction of sp³-hybridized carbons (Fsp3) is 0.500. The quantitative estimate of drug-likeness (QED) is 0.853. The van der Waals surface area contributed by atoms with Crippen LogP contribution in [0.15, 0.2) is 4.47 Å². The van der Waals surface area contributed by atoms with E-state index in [4.69, 9.17) is 10.00 Å². The van der Waals surface area contributed by atoms with Crippen molar-refractivity contribution in [3.8, 4) is 11.8 Å². The van der Waals surface area contributed by atoms with Crippen LogP contribution in [-0.4, -0.2) is 20.2 Å². The van der Waals surface area contributed by atoms with Crippen LogP contribution in [0.5, 0.6) is 5.75 Å². The summed E-state index contributed by atoms with van der Waals surface area (Å²) in [5.41, 5.74) is 4.34. The highest BCUT2D eigenvalue weighted by molar-refractivity contribution is 9.10. The number of methoxy groups -OCH3 is 1. The Morgan fingerprint density at radius 1 is 1.22 bits per heavy atom. The molecule has 1 aromatic carbocycles. The monoisotopic (exact) mass is 310 g/mol. The van der Waals surface area contributed by atoms with Crippen LogP contribution in [0.4, 0.5) is 5.69 Å². The second kappa shape index (κ2) is 5.62. The molecular formula is C14H19BrN2O. The largest absolute Gasteiger partial charge is 0.494 e. The highest BCUT2D eigenvalue weighted by atomic mass is 79.9. The molecule has 0 fully saturated rings. The number of halogens is 1. The number of hydrogen-bond donors (Lipinski definition) is 0. The van der Waals surface area contributed by atoms with E-state index in [1.54, 1.807) is 7.11 Å². The van der Waals surface area contributed by atoms with E-state index >= 15 is 0 Å². The van der Waals surface area contributed by atoms with Crippen LogP contribution < -0.4 is 9.64 Å². The molecule has 1 atom stereocenters. The highest BCUT2D eigenvalue weighted by Crippen LogP contribution is 2.42. The van der Waals surface area contributed by atoms with Crippen molar-refractivity contribution >= 4 is 21.6 Å². The summed E-state index contributed by atoms with van der Waals surface area (Å²) in [6.07, 6.45) is 0. The molecule has 0 N–H and O–H groups in total. The van der Waals surface area contributed by atoms with E-state index in [9.17, 15) is 0 Å². The molecule has 18 heavy (non-hydrogen) atoms. The molecule has 1 rings (SSSR count). The van der Waals surface area contributed by atoms with Crippen molar-refractivity contribution in [1.29, 1.82) is 5.26 Å². The fourth-order valence-electron chi connectivity index (χ4n) is 2.02. The first-order valence-electron chi connectivity index (χ1n) is 5.82. The molecule has 98 valence electrons. The Labute approximate surface area is 117 Å². The van der Waals surface area contributed by atoms with Gasteiger partial charge in [0, 0.05) is 11.5 Å². The van der Waals surface area contributed by atoms with Crippen LogP contribution in [0.2, 0.25) is 0 Å². The number of benzene rings is 1. The van der Waals surface area contributed by atoms with Crippen molar-refractivity contribution < 1.29 is 4.74 Å². The van der Waals surface area contributed by atoms with Crippen LogP contribution in [0.3, 0.4) is 0 Å². The van der Waals surface area contributed by atoms with Crippen molar-refractivity contribution in [2.75, 3.05) is 19.1 Å². The average molecular weight is 311 g/mol. The summed E-state index contributed by atoms with van der Waals surface area (Å²) in [7, 11) is 3.59. The molecule has 0 bridgehead atoms. The molecular weight excluding hydrogens is 292 g/mol. The van der Waals surface area contributed by atoms with Crippen LogP contribution in [-0.2, 0) is 0 Å². The van der Waals surface area contributed by atoms with Crippen LogP contribution in [0, 0.1) is 32.1 Å². The minimum absolute atomic E-state index is 0.202. The van der Waals surface area contributed by atoms with E-state index in [0.29, 0.717) is 0 Å². The Hall–Kier alpha value is -1.21. The van der Waals surface area contributed by atoms with Gasteiger partial charge in [0.15, 0.2) is 0 Å². The molecule has 0 radical (unpaired) electrons. The zero-order valence-corrected chi connectivity index (χ0v) is 13.3. The number of nitriles is 1. The maximum atomic E-state index is 9.07. The molecule has 0 aliphatic rings. The Kier molecular flexibility index (Phi) is 4.64. The summed E-state index contributed by atoms with van der Waals surface area (Å²) in [6.45, 7) is 8.01. The minimum atomic E-state index is -0.202. The predicted octanol–water partition coefficient (Wildman–Crippen LogP) is 3.73. The molecule has 1 unspecified atom stereocenters. The molecule has 0 aliphatic heterocycles. The van der Waals surface area contributed by atoms with Crippen molar-refractivity contribution in [3.63, 3.8) is 0 Å². The van der Waals surface area contributed by atoms with Gasteiger partial charge >= 0.3 is 0 Å². The van der Waals surface area contributed by atoms with Gasteiger partial charge in [0.2, 0.25) is 0 Å². The average Bonchev–Trinajstić information content (AvgIpc) is 2.38. The second-order valence-corrected chi connectivity index (χ2v) is 5.28. The number of nitrogens with zero attached hydrogens (tertiary/aromatic N) is 2. The van der Waals surface area contributed by atoms with Crippen molar-refractivity contribution in [1.82, 2.24) is 0 Å². The highest BCUT2D eigenvalue weighted by Gasteiger charge is 2.22. The number of hydrogen-bond acceptors (Lipinski definition) is 3. The lowest BCUT2D eigenvalue weighted by Crippen LogP contribution is -2.28. The number of rotatable bonds is 3. The lowest BCUT2D eigenvalue weighted by atomic mass is 10.0. The van der Waals surface area contributed by atoms with Gasteiger partial charge in [0.1, 0.15) is 11.8 Å². The normalized spacial score (nSPS) is 11.9. The lowest BCUT2D eigenvalue weighted by molar-refractivity contribution is 0.410. The molecule has 0 heterocycles. The first-order valence-corrected chi connectivity index (χ1v) is 6.61. The Morgan fingerprint density at radius 2 is 1.78 bits per heavy atom. The first kappa shape index (κ1) is 14.8. The molecule has 0 amide bonds. The van der Waals surface area contributed by atoms with Gasteiger partial charge in [-0.15, -0.1) is 0 Å². The summed E-state index contributed by atoms with van der Waals surface area (Å²) in [6, 6.07) is 2.05. The predicted molar refractivity (Wildman–Crippen MR) is 78.4 cm³/mol. The first-order chi connectivity index (χ1) is 8.36. The Morgan fingerprint density at radius 3 is 2.22 bits per heavy atom. The van der Waals surface area contributed by atoms with Gasteiger partial charge in [-0.2, -0.15) is 5.26 Å². The molecule has 3 nitrogen and oxygen atoms in total. The third-order valence-electron chi connectivity index (χ3n) is 3.46. The van der Waals surface area contributed by atoms with E-state index in [-0.39, 0.29) is 6.04 Å². The van der Waals surface area contributed by atoms with Crippen LogP contribution >= 0.6 is 15.9 Å². The molecule has 0 aromatic heterocycles. The molecule has 0 spiro atoms. The van der Waals surface area contributed by atoms with Gasteiger partial charge in [-0.05, 0) is 44.4 Å². The Balaban J connectivity index is 3.57. The zero-order chi connectivity index (χ0) is 14.0. The molecule has 0 saturated heterocycles. The van der Waals surface area contributed by atoms with Crippen LogP contribution in [0.25, 0.3) is 0 Å². The van der Waals surface area contributed by atoms with Crippen molar-refractivity contribution in [2.45, 2.75) is 33.7 Å². The van der Waals surface area contributed by atoms with E-state index in [2.05, 4.69) is 28.9 Å². The molecule has 0 aliphatic carbocycles. The summed E-state index contributed by atoms with van der Waals surface area (Å²) < 4.78 is 6.61. The summed E-state index contributed by atoms with van der Waals surface area (Å²) in [5.74, 6) is 0.845. The summed E-state index contributed by atoms with van der Waals surface area (Å²) in [4.78, 5) is 1.95. The van der Waals surface area contributed by atoms with E-state index < -0.39 is 0 Å². The third-order valence-corrected chi connectivity index (χ3v) is 4.65. The smallest absolute Gasteiger partial charge is 0.145 e. The van der Waals surface area contributed by atoms with Gasteiger partial charge < -0.3 is 9.64 Å². The van der Waals surface area contributed by atoms with E-state index in [0.717, 1.165) is 27.0 Å². The fourth-order valence-corrected chi connectivity index (χ4v) is 2.51. The lowest BCUT2D eigenvalue weighted by Gasteiger charge is -2.28. The number of ether oxygens (including phenoxy) is 1. The molecule has 4 heteroatoms. The molecule has 0 saturated carbocycles. The minimum Gasteiger partial charge on any atom is -0.494 e. The Bertz CT molecular complexity index is 506. The van der Waals surface area contributed by atoms with Gasteiger partial charge in [-0.3, -0.25) is 0 Å². The van der Waals surface area contributed by atoms with E-state index in [1.807, 2.05) is 32.7 Å². The molecule has 1 aromatic rings. The third kappa shape index (κ3) is 2.32.